The Morgan fingerprint density at radius 1 is 1.38 bits per heavy atom. The van der Waals surface area contributed by atoms with Crippen molar-refractivity contribution in [3.8, 4) is 0 Å². The van der Waals surface area contributed by atoms with Crippen molar-refractivity contribution in [2.45, 2.75) is 3.74 Å². The van der Waals surface area contributed by atoms with E-state index in [0.29, 0.717) is 16.7 Å². The summed E-state index contributed by atoms with van der Waals surface area (Å²) in [4.78, 5) is 0. The van der Waals surface area contributed by atoms with Crippen molar-refractivity contribution in [3.05, 3.63) is 29.7 Å². The molecule has 0 unspecified atom stereocenters. The maximum Gasteiger partial charge on any atom is 0.167 e. The summed E-state index contributed by atoms with van der Waals surface area (Å²) < 4.78 is 17.7. The average molecular weight is 309 g/mol. The molecule has 0 spiro atoms. The highest BCUT2D eigenvalue weighted by atomic mass is 79.9. The van der Waals surface area contributed by atoms with Gasteiger partial charge in [0.05, 0.1) is 0 Å². The number of hydrogen-bond donors (Lipinski definition) is 0. The smallest absolute Gasteiger partial charge is 0.167 e. The normalized spacial score (nSPS) is 11.4. The predicted molar refractivity (Wildman–Crippen MR) is 54.6 cm³/mol. The van der Waals surface area contributed by atoms with Crippen molar-refractivity contribution in [1.29, 1.82) is 0 Å². The van der Waals surface area contributed by atoms with Crippen LogP contribution in [0.15, 0.2) is 22.7 Å². The highest BCUT2D eigenvalue weighted by Crippen LogP contribution is 2.33. The fraction of sp³-hybridized carbons (Fsp3) is 0.125. The standard InChI is InChI=1S/C8H4Br2FNO/c9-8(10)7-5-3-4(11)1-2-6(5)13-12-7/h1-3,8H. The molecular weight excluding hydrogens is 305 g/mol. The van der Waals surface area contributed by atoms with Crippen molar-refractivity contribution >= 4 is 42.8 Å². The zero-order valence-corrected chi connectivity index (χ0v) is 9.47. The third-order valence-electron chi connectivity index (χ3n) is 1.67. The van der Waals surface area contributed by atoms with Crippen molar-refractivity contribution in [3.63, 3.8) is 0 Å². The number of halogens is 3. The van der Waals surface area contributed by atoms with Crippen molar-refractivity contribution in [2.24, 2.45) is 0 Å². The Balaban J connectivity index is 2.71. The van der Waals surface area contributed by atoms with Crippen molar-refractivity contribution in [1.82, 2.24) is 5.16 Å². The number of hydrogen-bond acceptors (Lipinski definition) is 2. The average Bonchev–Trinajstić information content (AvgIpc) is 2.46. The number of rotatable bonds is 1. The molecule has 13 heavy (non-hydrogen) atoms. The first-order valence-electron chi connectivity index (χ1n) is 3.51. The fourth-order valence-electron chi connectivity index (χ4n) is 1.09. The summed E-state index contributed by atoms with van der Waals surface area (Å²) in [6.45, 7) is 0. The number of benzene rings is 1. The van der Waals surface area contributed by atoms with Gasteiger partial charge in [-0.25, -0.2) is 4.39 Å². The van der Waals surface area contributed by atoms with E-state index >= 15 is 0 Å². The lowest BCUT2D eigenvalue weighted by Gasteiger charge is -1.94. The van der Waals surface area contributed by atoms with Crippen LogP contribution in [0.2, 0.25) is 0 Å². The van der Waals surface area contributed by atoms with E-state index in [1.54, 1.807) is 6.07 Å². The first-order valence-corrected chi connectivity index (χ1v) is 5.34. The minimum atomic E-state index is -0.294. The largest absolute Gasteiger partial charge is 0.356 e. The van der Waals surface area contributed by atoms with E-state index < -0.39 is 0 Å². The molecule has 0 saturated carbocycles. The van der Waals surface area contributed by atoms with Crippen LogP contribution in [-0.4, -0.2) is 5.16 Å². The monoisotopic (exact) mass is 307 g/mol. The summed E-state index contributed by atoms with van der Waals surface area (Å²) in [7, 11) is 0. The molecule has 0 N–H and O–H groups in total. The topological polar surface area (TPSA) is 26.0 Å². The highest BCUT2D eigenvalue weighted by molar-refractivity contribution is 9.24. The molecule has 0 aliphatic carbocycles. The second-order valence-electron chi connectivity index (χ2n) is 2.51. The van der Waals surface area contributed by atoms with E-state index in [-0.39, 0.29) is 9.55 Å². The summed E-state index contributed by atoms with van der Waals surface area (Å²) in [5.74, 6) is -0.294. The summed E-state index contributed by atoms with van der Waals surface area (Å²) in [5, 5.41) is 4.48. The molecule has 2 aromatic rings. The van der Waals surface area contributed by atoms with Crippen LogP contribution in [0.3, 0.4) is 0 Å². The Morgan fingerprint density at radius 3 is 2.85 bits per heavy atom. The molecule has 2 nitrogen and oxygen atoms in total. The quantitative estimate of drug-likeness (QED) is 0.750. The second-order valence-corrected chi connectivity index (χ2v) is 5.57. The highest BCUT2D eigenvalue weighted by Gasteiger charge is 2.13. The van der Waals surface area contributed by atoms with Gasteiger partial charge in [0.25, 0.3) is 0 Å². The lowest BCUT2D eigenvalue weighted by Crippen LogP contribution is -1.80. The van der Waals surface area contributed by atoms with Crippen molar-refractivity contribution < 1.29 is 8.91 Å². The van der Waals surface area contributed by atoms with E-state index in [1.807, 2.05) is 0 Å². The van der Waals surface area contributed by atoms with Crippen LogP contribution in [0.4, 0.5) is 4.39 Å². The van der Waals surface area contributed by atoms with Crippen LogP contribution < -0.4 is 0 Å². The third kappa shape index (κ3) is 1.62. The van der Waals surface area contributed by atoms with Crippen LogP contribution in [0.1, 0.15) is 9.43 Å². The van der Waals surface area contributed by atoms with Gasteiger partial charge in [-0.2, -0.15) is 0 Å². The van der Waals surface area contributed by atoms with Gasteiger partial charge in [0, 0.05) is 5.39 Å². The molecular formula is C8H4Br2FNO. The Hall–Kier alpha value is -0.420. The first kappa shape index (κ1) is 9.15. The second kappa shape index (κ2) is 3.38. The number of alkyl halides is 2. The van der Waals surface area contributed by atoms with Crippen molar-refractivity contribution in [2.75, 3.05) is 0 Å². The summed E-state index contributed by atoms with van der Waals surface area (Å²) in [6.07, 6.45) is 0. The molecule has 0 atom stereocenters. The third-order valence-corrected chi connectivity index (χ3v) is 2.53. The van der Waals surface area contributed by atoms with Crippen LogP contribution >= 0.6 is 31.9 Å². The summed E-state index contributed by atoms with van der Waals surface area (Å²) in [6, 6.07) is 4.30. The summed E-state index contributed by atoms with van der Waals surface area (Å²) >= 11 is 6.56. The van der Waals surface area contributed by atoms with Gasteiger partial charge in [-0.3, -0.25) is 0 Å². The Kier molecular flexibility index (Phi) is 2.38. The SMILES string of the molecule is Fc1ccc2onc(C(Br)Br)c2c1. The maximum absolute atomic E-state index is 12.9. The molecule has 0 fully saturated rings. The van der Waals surface area contributed by atoms with Crippen LogP contribution in [0, 0.1) is 5.82 Å². The molecule has 0 amide bonds. The first-order chi connectivity index (χ1) is 6.18. The Morgan fingerprint density at radius 2 is 2.15 bits per heavy atom. The van der Waals surface area contributed by atoms with E-state index in [2.05, 4.69) is 37.0 Å². The van der Waals surface area contributed by atoms with Crippen LogP contribution in [0.25, 0.3) is 11.0 Å². The zero-order chi connectivity index (χ0) is 9.42. The molecule has 0 aliphatic heterocycles. The molecule has 1 aromatic heterocycles. The molecule has 0 bridgehead atoms. The zero-order valence-electron chi connectivity index (χ0n) is 6.30. The van der Waals surface area contributed by atoms with Crippen LogP contribution in [0.5, 0.6) is 0 Å². The van der Waals surface area contributed by atoms with Gasteiger partial charge in [0.2, 0.25) is 0 Å². The minimum Gasteiger partial charge on any atom is -0.356 e. The van der Waals surface area contributed by atoms with Gasteiger partial charge >= 0.3 is 0 Å². The molecule has 5 heteroatoms. The number of nitrogens with zero attached hydrogens (tertiary/aromatic N) is 1. The predicted octanol–water partition coefficient (Wildman–Crippen LogP) is 3.76. The number of fused-ring (bicyclic) bond motifs is 1. The van der Waals surface area contributed by atoms with Gasteiger partial charge in [-0.1, -0.05) is 37.0 Å². The lowest BCUT2D eigenvalue weighted by atomic mass is 10.2. The Labute approximate surface area is 90.3 Å². The maximum atomic E-state index is 12.9. The molecule has 2 rings (SSSR count). The molecule has 0 radical (unpaired) electrons. The van der Waals surface area contributed by atoms with Gasteiger partial charge in [-0.05, 0) is 18.2 Å². The van der Waals surface area contributed by atoms with Gasteiger partial charge < -0.3 is 4.52 Å². The van der Waals surface area contributed by atoms with E-state index in [9.17, 15) is 4.39 Å². The van der Waals surface area contributed by atoms with E-state index in [1.165, 1.54) is 12.1 Å². The lowest BCUT2D eigenvalue weighted by molar-refractivity contribution is 0.449. The minimum absolute atomic E-state index is 0.122. The number of aromatic nitrogens is 1. The van der Waals surface area contributed by atoms with Crippen LogP contribution in [-0.2, 0) is 0 Å². The Bertz CT molecular complexity index is 441. The fourth-order valence-corrected chi connectivity index (χ4v) is 1.75. The molecule has 0 saturated heterocycles. The molecule has 1 heterocycles. The van der Waals surface area contributed by atoms with E-state index in [0.717, 1.165) is 0 Å². The molecule has 0 aliphatic rings. The summed E-state index contributed by atoms with van der Waals surface area (Å²) in [5.41, 5.74) is 1.23. The van der Waals surface area contributed by atoms with Gasteiger partial charge in [0.15, 0.2) is 5.58 Å². The molecule has 1 aromatic carbocycles. The van der Waals surface area contributed by atoms with Gasteiger partial charge in [-0.15, -0.1) is 0 Å². The van der Waals surface area contributed by atoms with Gasteiger partial charge in [0.1, 0.15) is 15.2 Å². The van der Waals surface area contributed by atoms with E-state index in [4.69, 9.17) is 4.52 Å². The molecule has 68 valence electrons.